The molecule has 3 N–H and O–H groups in total. The molecule has 1 fully saturated rings. The Labute approximate surface area is 154 Å². The molecule has 1 aliphatic carbocycles. The third-order valence-corrected chi connectivity index (χ3v) is 6.27. The lowest BCUT2D eigenvalue weighted by Gasteiger charge is -2.32. The first kappa shape index (κ1) is 21.6. The predicted molar refractivity (Wildman–Crippen MR) is 97.0 cm³/mol. The molecule has 0 heterocycles. The highest BCUT2D eigenvalue weighted by molar-refractivity contribution is 7.87. The number of hydrogen-bond donors (Lipinski definition) is 2. The molecule has 0 aromatic heterocycles. The first-order valence-corrected chi connectivity index (χ1v) is 9.53. The Morgan fingerprint density at radius 2 is 2.04 bits per heavy atom. The molecule has 0 amide bonds. The smallest absolute Gasteiger partial charge is 0.279 e. The lowest BCUT2D eigenvalue weighted by atomic mass is 9.85. The minimum Gasteiger partial charge on any atom is -0.330 e. The van der Waals surface area contributed by atoms with Crippen LogP contribution in [-0.4, -0.2) is 32.4 Å². The number of halogens is 3. The van der Waals surface area contributed by atoms with Gasteiger partial charge in [-0.1, -0.05) is 30.5 Å². The van der Waals surface area contributed by atoms with Gasteiger partial charge in [0.05, 0.1) is 0 Å². The summed E-state index contributed by atoms with van der Waals surface area (Å²) in [5, 5.41) is 0.213. The highest BCUT2D eigenvalue weighted by Gasteiger charge is 2.30. The van der Waals surface area contributed by atoms with E-state index in [9.17, 15) is 12.8 Å². The van der Waals surface area contributed by atoms with Crippen LogP contribution in [0.2, 0.25) is 5.02 Å². The lowest BCUT2D eigenvalue weighted by molar-refractivity contribution is 0.290. The molecule has 2 atom stereocenters. The summed E-state index contributed by atoms with van der Waals surface area (Å²) in [7, 11) is -2.32. The van der Waals surface area contributed by atoms with Crippen molar-refractivity contribution in [2.24, 2.45) is 11.7 Å². The summed E-state index contributed by atoms with van der Waals surface area (Å²) < 4.78 is 42.6. The topological polar surface area (TPSA) is 75.4 Å². The van der Waals surface area contributed by atoms with E-state index in [1.165, 1.54) is 19.2 Å². The van der Waals surface area contributed by atoms with Crippen LogP contribution in [0.1, 0.15) is 31.2 Å². The van der Waals surface area contributed by atoms with Crippen molar-refractivity contribution < 1.29 is 12.8 Å². The average molecular weight is 400 g/mol. The maximum atomic E-state index is 13.8. The summed E-state index contributed by atoms with van der Waals surface area (Å²) in [6.07, 6.45) is 3.75. The highest BCUT2D eigenvalue weighted by atomic mass is 35.5. The van der Waals surface area contributed by atoms with Crippen molar-refractivity contribution in [1.29, 1.82) is 0 Å². The fourth-order valence-corrected chi connectivity index (χ4v) is 4.31. The van der Waals surface area contributed by atoms with E-state index in [1.807, 2.05) is 0 Å². The molecular weight excluding hydrogens is 376 g/mol. The van der Waals surface area contributed by atoms with Crippen LogP contribution in [0.15, 0.2) is 18.2 Å². The van der Waals surface area contributed by atoms with Gasteiger partial charge in [0.2, 0.25) is 0 Å². The molecule has 5 nitrogen and oxygen atoms in total. The quantitative estimate of drug-likeness (QED) is 0.771. The van der Waals surface area contributed by atoms with Gasteiger partial charge in [-0.25, -0.2) is 4.39 Å². The maximum Gasteiger partial charge on any atom is 0.279 e. The molecule has 2 unspecified atom stereocenters. The molecule has 1 aliphatic rings. The number of benzene rings is 1. The van der Waals surface area contributed by atoms with Crippen molar-refractivity contribution in [3.63, 3.8) is 0 Å². The summed E-state index contributed by atoms with van der Waals surface area (Å²) >= 11 is 5.96. The molecule has 1 aromatic carbocycles. The van der Waals surface area contributed by atoms with E-state index in [4.69, 9.17) is 17.3 Å². The van der Waals surface area contributed by atoms with Gasteiger partial charge in [0.25, 0.3) is 10.2 Å². The summed E-state index contributed by atoms with van der Waals surface area (Å²) in [4.78, 5) is 0. The predicted octanol–water partition coefficient (Wildman–Crippen LogP) is 2.68. The zero-order chi connectivity index (χ0) is 17.0. The van der Waals surface area contributed by atoms with Crippen LogP contribution in [0, 0.1) is 11.7 Å². The van der Waals surface area contributed by atoms with Crippen LogP contribution in [0.25, 0.3) is 0 Å². The molecule has 0 spiro atoms. The van der Waals surface area contributed by atoms with Crippen molar-refractivity contribution in [3.05, 3.63) is 34.6 Å². The zero-order valence-electron chi connectivity index (χ0n) is 13.5. The molecule has 0 saturated heterocycles. The van der Waals surface area contributed by atoms with Crippen LogP contribution in [0.4, 0.5) is 4.39 Å². The molecular formula is C15H24Cl2FN3O2S. The molecule has 138 valence electrons. The Bertz CT molecular complexity index is 625. The minimum atomic E-state index is -3.73. The van der Waals surface area contributed by atoms with Crippen LogP contribution in [-0.2, 0) is 16.8 Å². The molecule has 0 aliphatic heterocycles. The number of nitrogens with one attached hydrogen (secondary N) is 1. The number of nitrogens with zero attached hydrogens (tertiary/aromatic N) is 1. The summed E-state index contributed by atoms with van der Waals surface area (Å²) in [6, 6.07) is 4.12. The van der Waals surface area contributed by atoms with Gasteiger partial charge in [0, 0.05) is 30.2 Å². The van der Waals surface area contributed by atoms with Gasteiger partial charge in [-0.2, -0.15) is 17.4 Å². The molecule has 24 heavy (non-hydrogen) atoms. The third-order valence-electron chi connectivity index (χ3n) is 4.36. The number of hydrogen-bond acceptors (Lipinski definition) is 3. The van der Waals surface area contributed by atoms with E-state index in [-0.39, 0.29) is 41.5 Å². The van der Waals surface area contributed by atoms with Crippen molar-refractivity contribution in [2.75, 3.05) is 13.6 Å². The molecule has 0 bridgehead atoms. The van der Waals surface area contributed by atoms with Gasteiger partial charge in [-0.3, -0.25) is 0 Å². The van der Waals surface area contributed by atoms with Gasteiger partial charge < -0.3 is 5.73 Å². The van der Waals surface area contributed by atoms with E-state index >= 15 is 0 Å². The highest BCUT2D eigenvalue weighted by Crippen LogP contribution is 2.25. The Hall–Kier alpha value is -0.440. The molecule has 1 saturated carbocycles. The van der Waals surface area contributed by atoms with Gasteiger partial charge in [0.1, 0.15) is 5.82 Å². The van der Waals surface area contributed by atoms with E-state index in [0.717, 1.165) is 30.0 Å². The second kappa shape index (κ2) is 9.31. The summed E-state index contributed by atoms with van der Waals surface area (Å²) in [5.41, 5.74) is 5.90. The van der Waals surface area contributed by atoms with Crippen LogP contribution < -0.4 is 10.5 Å². The largest absolute Gasteiger partial charge is 0.330 e. The number of rotatable bonds is 6. The Morgan fingerprint density at radius 1 is 1.38 bits per heavy atom. The SMILES string of the molecule is CN(Cc1c(F)cccc1Cl)S(=O)(=O)NC1CCCCC1CN.Cl. The normalized spacial score (nSPS) is 21.5. The van der Waals surface area contributed by atoms with Crippen LogP contribution in [0.5, 0.6) is 0 Å². The second-order valence-electron chi connectivity index (χ2n) is 5.97. The van der Waals surface area contributed by atoms with Crippen molar-refractivity contribution in [2.45, 2.75) is 38.3 Å². The van der Waals surface area contributed by atoms with E-state index in [1.54, 1.807) is 6.07 Å². The van der Waals surface area contributed by atoms with Crippen LogP contribution in [0.3, 0.4) is 0 Å². The third kappa shape index (κ3) is 5.28. The van der Waals surface area contributed by atoms with Crippen LogP contribution >= 0.6 is 24.0 Å². The van der Waals surface area contributed by atoms with Crippen molar-refractivity contribution in [3.8, 4) is 0 Å². The average Bonchev–Trinajstić information content (AvgIpc) is 2.51. The monoisotopic (exact) mass is 399 g/mol. The fourth-order valence-electron chi connectivity index (χ4n) is 2.92. The Kier molecular flexibility index (Phi) is 8.38. The second-order valence-corrected chi connectivity index (χ2v) is 8.18. The van der Waals surface area contributed by atoms with E-state index in [0.29, 0.717) is 6.54 Å². The standard InChI is InChI=1S/C15H23ClFN3O2S.ClH/c1-20(10-12-13(16)6-4-7-14(12)17)23(21,22)19-15-8-3-2-5-11(15)9-18;/h4,6-7,11,15,19H,2-3,5,8-10,18H2,1H3;1H. The first-order chi connectivity index (χ1) is 10.8. The summed E-state index contributed by atoms with van der Waals surface area (Å²) in [6.45, 7) is 0.330. The lowest BCUT2D eigenvalue weighted by Crippen LogP contribution is -2.49. The first-order valence-electron chi connectivity index (χ1n) is 7.71. The molecule has 2 rings (SSSR count). The molecule has 0 radical (unpaired) electrons. The van der Waals surface area contributed by atoms with Gasteiger partial charge in [-0.05, 0) is 37.4 Å². The van der Waals surface area contributed by atoms with Gasteiger partial charge in [0.15, 0.2) is 0 Å². The number of nitrogens with two attached hydrogens (primary N) is 1. The Balaban J connectivity index is 0.00000288. The van der Waals surface area contributed by atoms with Gasteiger partial charge in [-0.15, -0.1) is 12.4 Å². The molecule has 9 heteroatoms. The van der Waals surface area contributed by atoms with Crippen molar-refractivity contribution >= 4 is 34.2 Å². The Morgan fingerprint density at radius 3 is 2.67 bits per heavy atom. The van der Waals surface area contributed by atoms with Crippen molar-refractivity contribution in [1.82, 2.24) is 9.03 Å². The fraction of sp³-hybridized carbons (Fsp3) is 0.600. The van der Waals surface area contributed by atoms with E-state index in [2.05, 4.69) is 4.72 Å². The molecule has 1 aromatic rings. The van der Waals surface area contributed by atoms with E-state index < -0.39 is 16.0 Å². The zero-order valence-corrected chi connectivity index (χ0v) is 15.9. The summed E-state index contributed by atoms with van der Waals surface area (Å²) in [5.74, 6) is -0.374. The minimum absolute atomic E-state index is 0. The van der Waals surface area contributed by atoms with Gasteiger partial charge >= 0.3 is 0 Å². The maximum absolute atomic E-state index is 13.8.